The van der Waals surface area contributed by atoms with E-state index in [2.05, 4.69) is 19.2 Å². The monoisotopic (exact) mass is 415 g/mol. The summed E-state index contributed by atoms with van der Waals surface area (Å²) in [5, 5.41) is 4.95. The van der Waals surface area contributed by atoms with Gasteiger partial charge in [-0.2, -0.15) is 0 Å². The lowest BCUT2D eigenvalue weighted by atomic mass is 10.1. The molecule has 2 aromatic carbocycles. The Morgan fingerprint density at radius 3 is 2.35 bits per heavy atom. The van der Waals surface area contributed by atoms with Crippen LogP contribution in [0.15, 0.2) is 30.3 Å². The van der Waals surface area contributed by atoms with Crippen molar-refractivity contribution in [2.24, 2.45) is 5.92 Å². The molecule has 0 aliphatic rings. The minimum absolute atomic E-state index is 0.318. The normalized spacial score (nSPS) is 11.0. The van der Waals surface area contributed by atoms with Gasteiger partial charge in [0.1, 0.15) is 6.61 Å². The van der Waals surface area contributed by atoms with Crippen LogP contribution >= 0.6 is 34.8 Å². The molecule has 0 saturated heterocycles. The Labute approximate surface area is 170 Å². The average molecular weight is 417 g/mol. The zero-order chi connectivity index (χ0) is 19.1. The van der Waals surface area contributed by atoms with Crippen LogP contribution in [0.25, 0.3) is 0 Å². The van der Waals surface area contributed by atoms with E-state index in [0.717, 1.165) is 30.6 Å². The molecule has 3 nitrogen and oxygen atoms in total. The molecule has 0 bridgehead atoms. The van der Waals surface area contributed by atoms with E-state index in [0.29, 0.717) is 39.1 Å². The van der Waals surface area contributed by atoms with Gasteiger partial charge in [0.25, 0.3) is 0 Å². The summed E-state index contributed by atoms with van der Waals surface area (Å²) in [6.45, 7) is 6.44. The largest absolute Gasteiger partial charge is 0.493 e. The Kier molecular flexibility index (Phi) is 8.36. The molecular formula is C20H24Cl3NO2. The summed E-state index contributed by atoms with van der Waals surface area (Å²) in [5.74, 6) is 1.81. The lowest BCUT2D eigenvalue weighted by Crippen LogP contribution is -2.16. The second-order valence-electron chi connectivity index (χ2n) is 6.51. The molecule has 0 amide bonds. The zero-order valence-electron chi connectivity index (χ0n) is 15.2. The third-order valence-corrected chi connectivity index (χ3v) is 4.90. The predicted octanol–water partition coefficient (Wildman–Crippen LogP) is 6.37. The predicted molar refractivity (Wildman–Crippen MR) is 110 cm³/mol. The molecule has 0 atom stereocenters. The van der Waals surface area contributed by atoms with E-state index < -0.39 is 0 Å². The summed E-state index contributed by atoms with van der Waals surface area (Å²) < 4.78 is 11.3. The molecular weight excluding hydrogens is 393 g/mol. The Balaban J connectivity index is 2.04. The van der Waals surface area contributed by atoms with E-state index in [-0.39, 0.29) is 0 Å². The van der Waals surface area contributed by atoms with Crippen LogP contribution in [0.2, 0.25) is 15.1 Å². The molecule has 0 aliphatic carbocycles. The van der Waals surface area contributed by atoms with Crippen molar-refractivity contribution in [3.8, 4) is 11.5 Å². The third kappa shape index (κ3) is 6.24. The first-order valence-corrected chi connectivity index (χ1v) is 9.68. The van der Waals surface area contributed by atoms with Gasteiger partial charge in [0, 0.05) is 6.54 Å². The first-order valence-electron chi connectivity index (χ1n) is 8.54. The molecule has 0 heterocycles. The Morgan fingerprint density at radius 2 is 1.69 bits per heavy atom. The number of hydrogen-bond donors (Lipinski definition) is 1. The minimum Gasteiger partial charge on any atom is -0.493 e. The third-order valence-electron chi connectivity index (χ3n) is 3.88. The number of ether oxygens (including phenoxy) is 2. The fourth-order valence-electron chi connectivity index (χ4n) is 2.42. The van der Waals surface area contributed by atoms with Gasteiger partial charge in [-0.15, -0.1) is 0 Å². The molecule has 2 rings (SSSR count). The van der Waals surface area contributed by atoms with E-state index >= 15 is 0 Å². The van der Waals surface area contributed by atoms with Gasteiger partial charge in [0.05, 0.1) is 22.2 Å². The topological polar surface area (TPSA) is 30.5 Å². The fraction of sp³-hybridized carbons (Fsp3) is 0.400. The van der Waals surface area contributed by atoms with Crippen LogP contribution in [-0.2, 0) is 13.2 Å². The van der Waals surface area contributed by atoms with Gasteiger partial charge in [-0.05, 0) is 54.3 Å². The molecule has 1 N–H and O–H groups in total. The van der Waals surface area contributed by atoms with E-state index in [4.69, 9.17) is 44.3 Å². The van der Waals surface area contributed by atoms with Crippen molar-refractivity contribution in [2.75, 3.05) is 13.7 Å². The van der Waals surface area contributed by atoms with Crippen molar-refractivity contribution in [1.29, 1.82) is 0 Å². The van der Waals surface area contributed by atoms with Crippen LogP contribution in [0.4, 0.5) is 0 Å². The molecule has 0 fully saturated rings. The van der Waals surface area contributed by atoms with E-state index in [1.54, 1.807) is 19.2 Å². The van der Waals surface area contributed by atoms with Crippen LogP contribution in [0.5, 0.6) is 11.5 Å². The van der Waals surface area contributed by atoms with Gasteiger partial charge in [-0.3, -0.25) is 0 Å². The van der Waals surface area contributed by atoms with E-state index in [9.17, 15) is 0 Å². The second kappa shape index (κ2) is 10.3. The van der Waals surface area contributed by atoms with Crippen LogP contribution in [0.3, 0.4) is 0 Å². The zero-order valence-corrected chi connectivity index (χ0v) is 17.5. The first-order chi connectivity index (χ1) is 12.4. The Morgan fingerprint density at radius 1 is 0.962 bits per heavy atom. The average Bonchev–Trinajstić information content (AvgIpc) is 2.60. The number of hydrogen-bond acceptors (Lipinski definition) is 3. The van der Waals surface area contributed by atoms with Crippen molar-refractivity contribution >= 4 is 34.8 Å². The van der Waals surface area contributed by atoms with Gasteiger partial charge in [-0.25, -0.2) is 0 Å². The molecule has 2 aromatic rings. The maximum atomic E-state index is 6.42. The first kappa shape index (κ1) is 21.2. The summed E-state index contributed by atoms with van der Waals surface area (Å²) in [5.41, 5.74) is 1.95. The van der Waals surface area contributed by atoms with Crippen LogP contribution in [0, 0.1) is 5.92 Å². The highest BCUT2D eigenvalue weighted by atomic mass is 35.5. The molecule has 0 spiro atoms. The lowest BCUT2D eigenvalue weighted by Gasteiger charge is -2.15. The number of halogens is 3. The fourth-order valence-corrected chi connectivity index (χ4v) is 3.03. The van der Waals surface area contributed by atoms with Gasteiger partial charge < -0.3 is 14.8 Å². The van der Waals surface area contributed by atoms with E-state index in [1.165, 1.54) is 0 Å². The summed E-state index contributed by atoms with van der Waals surface area (Å²) in [7, 11) is 1.60. The molecule has 6 heteroatoms. The highest BCUT2D eigenvalue weighted by Gasteiger charge is 2.13. The van der Waals surface area contributed by atoms with Gasteiger partial charge in [-0.1, -0.05) is 54.7 Å². The summed E-state index contributed by atoms with van der Waals surface area (Å²) in [6.07, 6.45) is 1.13. The Hall–Kier alpha value is -1.13. The quantitative estimate of drug-likeness (QED) is 0.482. The SMILES string of the molecule is COc1cc(CNCCC(C)C)cc(Cl)c1OCc1ccc(Cl)c(Cl)c1. The summed E-state index contributed by atoms with van der Waals surface area (Å²) >= 11 is 18.4. The number of nitrogens with one attached hydrogen (secondary N) is 1. The van der Waals surface area contributed by atoms with Crippen molar-refractivity contribution in [2.45, 2.75) is 33.4 Å². The smallest absolute Gasteiger partial charge is 0.180 e. The highest BCUT2D eigenvalue weighted by Crippen LogP contribution is 2.37. The van der Waals surface area contributed by atoms with Crippen LogP contribution in [0.1, 0.15) is 31.4 Å². The van der Waals surface area contributed by atoms with Gasteiger partial charge in [0.15, 0.2) is 11.5 Å². The van der Waals surface area contributed by atoms with Crippen molar-refractivity contribution < 1.29 is 9.47 Å². The van der Waals surface area contributed by atoms with Crippen LogP contribution in [-0.4, -0.2) is 13.7 Å². The molecule has 0 saturated carbocycles. The molecule has 0 aliphatic heterocycles. The number of methoxy groups -OCH3 is 1. The van der Waals surface area contributed by atoms with Crippen LogP contribution < -0.4 is 14.8 Å². The standard InChI is InChI=1S/C20H24Cl3NO2/c1-13(2)6-7-24-11-15-9-18(23)20(19(10-15)25-3)26-12-14-4-5-16(21)17(22)8-14/h4-5,8-10,13,24H,6-7,11-12H2,1-3H3. The minimum atomic E-state index is 0.318. The molecule has 0 unspecified atom stereocenters. The van der Waals surface area contributed by atoms with Crippen molar-refractivity contribution in [3.05, 3.63) is 56.5 Å². The Bertz CT molecular complexity index is 735. The summed E-state index contributed by atoms with van der Waals surface area (Å²) in [6, 6.07) is 9.22. The summed E-state index contributed by atoms with van der Waals surface area (Å²) in [4.78, 5) is 0. The lowest BCUT2D eigenvalue weighted by molar-refractivity contribution is 0.284. The second-order valence-corrected chi connectivity index (χ2v) is 7.73. The number of benzene rings is 2. The van der Waals surface area contributed by atoms with Crippen molar-refractivity contribution in [3.63, 3.8) is 0 Å². The number of rotatable bonds is 9. The maximum absolute atomic E-state index is 6.42. The molecule has 26 heavy (non-hydrogen) atoms. The molecule has 0 radical (unpaired) electrons. The van der Waals surface area contributed by atoms with Crippen molar-refractivity contribution in [1.82, 2.24) is 5.32 Å². The highest BCUT2D eigenvalue weighted by molar-refractivity contribution is 6.42. The van der Waals surface area contributed by atoms with E-state index in [1.807, 2.05) is 18.2 Å². The maximum Gasteiger partial charge on any atom is 0.180 e. The van der Waals surface area contributed by atoms with Gasteiger partial charge in [0.2, 0.25) is 0 Å². The molecule has 0 aromatic heterocycles. The van der Waals surface area contributed by atoms with Gasteiger partial charge >= 0.3 is 0 Å². The molecule has 142 valence electrons.